The molecule has 0 bridgehead atoms. The number of rotatable bonds is 9. The predicted octanol–water partition coefficient (Wildman–Crippen LogP) is 2.10. The number of H-pyrrole nitrogens is 1. The normalized spacial score (nSPS) is 11.0. The summed E-state index contributed by atoms with van der Waals surface area (Å²) in [5.41, 5.74) is 1.78. The fourth-order valence-electron chi connectivity index (χ4n) is 2.25. The van der Waals surface area contributed by atoms with Crippen molar-refractivity contribution in [1.29, 1.82) is 0 Å². The van der Waals surface area contributed by atoms with E-state index in [9.17, 15) is 0 Å². The van der Waals surface area contributed by atoms with Gasteiger partial charge in [-0.25, -0.2) is 0 Å². The summed E-state index contributed by atoms with van der Waals surface area (Å²) in [6.07, 6.45) is 0. The standard InChI is InChI=1S/C17H24N8O2/c1-11-8-15(23-22-11)19-14-9-16(26-6-5-25(3)4)21-17(20-14)18-10-13-7-12(2)24-27-13/h7-9H,5-6,10H2,1-4H3,(H3,18,19,20,21,22,23). The van der Waals surface area contributed by atoms with Crippen LogP contribution in [0, 0.1) is 13.8 Å². The van der Waals surface area contributed by atoms with Crippen LogP contribution in [0.5, 0.6) is 5.88 Å². The van der Waals surface area contributed by atoms with Gasteiger partial charge in [0.1, 0.15) is 12.4 Å². The quantitative estimate of drug-likeness (QED) is 0.519. The minimum atomic E-state index is 0.418. The highest BCUT2D eigenvalue weighted by molar-refractivity contribution is 5.55. The minimum Gasteiger partial charge on any atom is -0.476 e. The summed E-state index contributed by atoms with van der Waals surface area (Å²) in [6.45, 7) is 5.52. The number of likely N-dealkylation sites (N-methyl/N-ethyl adjacent to an activating group) is 1. The zero-order valence-corrected chi connectivity index (χ0v) is 15.9. The maximum absolute atomic E-state index is 5.76. The van der Waals surface area contributed by atoms with Gasteiger partial charge in [0.25, 0.3) is 0 Å². The van der Waals surface area contributed by atoms with E-state index in [1.165, 1.54) is 0 Å². The van der Waals surface area contributed by atoms with Crippen LogP contribution < -0.4 is 15.4 Å². The smallest absolute Gasteiger partial charge is 0.228 e. The first kappa shape index (κ1) is 18.6. The van der Waals surface area contributed by atoms with Crippen molar-refractivity contribution in [3.05, 3.63) is 35.3 Å². The van der Waals surface area contributed by atoms with E-state index in [0.29, 0.717) is 42.4 Å². The van der Waals surface area contributed by atoms with E-state index in [1.807, 2.05) is 45.0 Å². The lowest BCUT2D eigenvalue weighted by atomic mass is 10.4. The lowest BCUT2D eigenvalue weighted by molar-refractivity contribution is 0.254. The third-order valence-electron chi connectivity index (χ3n) is 3.55. The molecule has 0 aromatic carbocycles. The van der Waals surface area contributed by atoms with Crippen molar-refractivity contribution < 1.29 is 9.26 Å². The third-order valence-corrected chi connectivity index (χ3v) is 3.55. The molecule has 0 saturated heterocycles. The first-order valence-electron chi connectivity index (χ1n) is 8.59. The van der Waals surface area contributed by atoms with Gasteiger partial charge in [0, 0.05) is 30.4 Å². The van der Waals surface area contributed by atoms with E-state index in [0.717, 1.165) is 17.9 Å². The second-order valence-electron chi connectivity index (χ2n) is 6.42. The fourth-order valence-corrected chi connectivity index (χ4v) is 2.25. The van der Waals surface area contributed by atoms with Crippen LogP contribution in [0.4, 0.5) is 17.6 Å². The van der Waals surface area contributed by atoms with Gasteiger partial charge in [-0.05, 0) is 27.9 Å². The van der Waals surface area contributed by atoms with Crippen molar-refractivity contribution in [2.45, 2.75) is 20.4 Å². The molecule has 0 radical (unpaired) electrons. The Morgan fingerprint density at radius 1 is 1.15 bits per heavy atom. The molecule has 0 spiro atoms. The van der Waals surface area contributed by atoms with E-state index < -0.39 is 0 Å². The molecule has 0 aliphatic heterocycles. The van der Waals surface area contributed by atoms with Crippen molar-refractivity contribution in [3.63, 3.8) is 0 Å². The van der Waals surface area contributed by atoms with Crippen LogP contribution in [-0.2, 0) is 6.54 Å². The van der Waals surface area contributed by atoms with Gasteiger partial charge in [0.2, 0.25) is 11.8 Å². The van der Waals surface area contributed by atoms with Crippen LogP contribution in [0.1, 0.15) is 17.1 Å². The highest BCUT2D eigenvalue weighted by atomic mass is 16.5. The average Bonchev–Trinajstić information content (AvgIpc) is 3.21. The molecule has 0 aliphatic rings. The second kappa shape index (κ2) is 8.49. The molecular formula is C17H24N8O2. The lowest BCUT2D eigenvalue weighted by Crippen LogP contribution is -2.20. The molecule has 10 nitrogen and oxygen atoms in total. The highest BCUT2D eigenvalue weighted by Crippen LogP contribution is 2.20. The van der Waals surface area contributed by atoms with E-state index in [4.69, 9.17) is 9.26 Å². The first-order valence-corrected chi connectivity index (χ1v) is 8.59. The van der Waals surface area contributed by atoms with Crippen molar-refractivity contribution in [3.8, 4) is 5.88 Å². The summed E-state index contributed by atoms with van der Waals surface area (Å²) in [7, 11) is 3.98. The Hall–Kier alpha value is -3.14. The molecule has 3 aromatic rings. The van der Waals surface area contributed by atoms with Crippen molar-refractivity contribution in [2.24, 2.45) is 0 Å². The summed E-state index contributed by atoms with van der Waals surface area (Å²) in [6, 6.07) is 5.48. The fraction of sp³-hybridized carbons (Fsp3) is 0.412. The first-order chi connectivity index (χ1) is 13.0. The van der Waals surface area contributed by atoms with Crippen LogP contribution in [0.15, 0.2) is 22.7 Å². The van der Waals surface area contributed by atoms with Crippen LogP contribution >= 0.6 is 0 Å². The van der Waals surface area contributed by atoms with Gasteiger partial charge in [-0.15, -0.1) is 0 Å². The van der Waals surface area contributed by atoms with E-state index in [1.54, 1.807) is 6.07 Å². The molecular weight excluding hydrogens is 348 g/mol. The van der Waals surface area contributed by atoms with Crippen LogP contribution in [0.2, 0.25) is 0 Å². The number of hydrogen-bond acceptors (Lipinski definition) is 9. The molecule has 0 unspecified atom stereocenters. The van der Waals surface area contributed by atoms with Crippen LogP contribution in [0.25, 0.3) is 0 Å². The van der Waals surface area contributed by atoms with Crippen molar-refractivity contribution in [2.75, 3.05) is 37.9 Å². The molecule has 3 aromatic heterocycles. The number of aromatic nitrogens is 5. The summed E-state index contributed by atoms with van der Waals surface area (Å²) in [5, 5.41) is 17.2. The molecule has 10 heteroatoms. The van der Waals surface area contributed by atoms with Gasteiger partial charge in [-0.2, -0.15) is 15.1 Å². The van der Waals surface area contributed by atoms with Gasteiger partial charge in [-0.1, -0.05) is 5.16 Å². The van der Waals surface area contributed by atoms with E-state index in [-0.39, 0.29) is 0 Å². The molecule has 3 heterocycles. The molecule has 0 saturated carbocycles. The van der Waals surface area contributed by atoms with Gasteiger partial charge >= 0.3 is 0 Å². The topological polar surface area (TPSA) is 117 Å². The van der Waals surface area contributed by atoms with Gasteiger partial charge in [0.15, 0.2) is 11.6 Å². The number of nitrogens with zero attached hydrogens (tertiary/aromatic N) is 5. The van der Waals surface area contributed by atoms with Crippen molar-refractivity contribution in [1.82, 2.24) is 30.2 Å². The number of nitrogens with one attached hydrogen (secondary N) is 3. The summed E-state index contributed by atoms with van der Waals surface area (Å²) in [5.74, 6) is 2.83. The Morgan fingerprint density at radius 3 is 2.67 bits per heavy atom. The molecule has 0 atom stereocenters. The molecule has 0 aliphatic carbocycles. The monoisotopic (exact) mass is 372 g/mol. The van der Waals surface area contributed by atoms with Gasteiger partial charge in [-0.3, -0.25) is 5.10 Å². The van der Waals surface area contributed by atoms with E-state index in [2.05, 4.69) is 36.0 Å². The third kappa shape index (κ3) is 5.68. The molecule has 3 rings (SSSR count). The largest absolute Gasteiger partial charge is 0.476 e. The minimum absolute atomic E-state index is 0.418. The van der Waals surface area contributed by atoms with Crippen LogP contribution in [0.3, 0.4) is 0 Å². The Balaban J connectivity index is 1.73. The number of anilines is 3. The summed E-state index contributed by atoms with van der Waals surface area (Å²) in [4.78, 5) is 10.9. The van der Waals surface area contributed by atoms with Gasteiger partial charge < -0.3 is 24.8 Å². The second-order valence-corrected chi connectivity index (χ2v) is 6.42. The Labute approximate surface area is 157 Å². The van der Waals surface area contributed by atoms with E-state index >= 15 is 0 Å². The summed E-state index contributed by atoms with van der Waals surface area (Å²) < 4.78 is 11.0. The van der Waals surface area contributed by atoms with Gasteiger partial charge in [0.05, 0.1) is 12.2 Å². The molecule has 27 heavy (non-hydrogen) atoms. The highest BCUT2D eigenvalue weighted by Gasteiger charge is 2.09. The Morgan fingerprint density at radius 2 is 2.00 bits per heavy atom. The maximum atomic E-state index is 5.76. The SMILES string of the molecule is Cc1cc(CNc2nc(Nc3cc(C)[nH]n3)cc(OCCN(C)C)n2)on1. The Bertz CT molecular complexity index is 873. The predicted molar refractivity (Wildman–Crippen MR) is 101 cm³/mol. The maximum Gasteiger partial charge on any atom is 0.228 e. The molecule has 3 N–H and O–H groups in total. The lowest BCUT2D eigenvalue weighted by Gasteiger charge is -2.12. The number of aromatic amines is 1. The van der Waals surface area contributed by atoms with Crippen LogP contribution in [-0.4, -0.2) is 57.5 Å². The number of ether oxygens (including phenoxy) is 1. The Kier molecular flexibility index (Phi) is 5.87. The zero-order valence-electron chi connectivity index (χ0n) is 15.9. The molecule has 144 valence electrons. The molecule has 0 amide bonds. The number of hydrogen-bond donors (Lipinski definition) is 3. The van der Waals surface area contributed by atoms with Crippen molar-refractivity contribution >= 4 is 17.6 Å². The molecule has 0 fully saturated rings. The number of aryl methyl sites for hydroxylation is 2. The average molecular weight is 372 g/mol. The summed E-state index contributed by atoms with van der Waals surface area (Å²) >= 11 is 0. The zero-order chi connectivity index (χ0) is 19.2.